The molecular formula is C10H9IN2O3. The van der Waals surface area contributed by atoms with Crippen molar-refractivity contribution in [1.29, 1.82) is 0 Å². The lowest BCUT2D eigenvalue weighted by Crippen LogP contribution is -2.35. The lowest BCUT2D eigenvalue weighted by molar-refractivity contribution is -0.122. The summed E-state index contributed by atoms with van der Waals surface area (Å²) in [4.78, 5) is 22.2. The highest BCUT2D eigenvalue weighted by molar-refractivity contribution is 14.1. The van der Waals surface area contributed by atoms with E-state index in [0.717, 1.165) is 3.57 Å². The number of halogens is 1. The van der Waals surface area contributed by atoms with Gasteiger partial charge in [-0.2, -0.15) is 0 Å². The zero-order chi connectivity index (χ0) is 11.7. The first-order valence-electron chi connectivity index (χ1n) is 4.63. The average Bonchev–Trinajstić information content (AvgIpc) is 2.58. The summed E-state index contributed by atoms with van der Waals surface area (Å²) in [5.74, 6) is -0.504. The van der Waals surface area contributed by atoms with E-state index in [2.05, 4.69) is 33.2 Å². The van der Waals surface area contributed by atoms with Gasteiger partial charge in [-0.15, -0.1) is 0 Å². The summed E-state index contributed by atoms with van der Waals surface area (Å²) in [6, 6.07) is 5.63. The van der Waals surface area contributed by atoms with Crippen LogP contribution in [0.1, 0.15) is 11.7 Å². The van der Waals surface area contributed by atoms with Gasteiger partial charge in [0.2, 0.25) is 0 Å². The molecular weight excluding hydrogens is 323 g/mol. The Bertz CT molecular complexity index is 432. The lowest BCUT2D eigenvalue weighted by atomic mass is 10.0. The Hall–Kier alpha value is -1.15. The molecule has 1 fully saturated rings. The van der Waals surface area contributed by atoms with Crippen LogP contribution < -0.4 is 10.6 Å². The standard InChI is InChI=1S/C10H9IN2O3/c11-6-3-1-5(2-4-6)8(14)7-9(15)13-10(16)12-7/h1-4,7-8,14H,(H2,12,13,15,16). The number of aliphatic hydroxyl groups is 1. The number of rotatable bonds is 2. The molecule has 2 atom stereocenters. The molecule has 16 heavy (non-hydrogen) atoms. The Balaban J connectivity index is 2.19. The van der Waals surface area contributed by atoms with Gasteiger partial charge in [-0.3, -0.25) is 10.1 Å². The normalized spacial score (nSPS) is 21.5. The van der Waals surface area contributed by atoms with Gasteiger partial charge in [-0.05, 0) is 40.3 Å². The topological polar surface area (TPSA) is 78.4 Å². The summed E-state index contributed by atoms with van der Waals surface area (Å²) in [6.45, 7) is 0. The molecule has 0 bridgehead atoms. The maximum Gasteiger partial charge on any atom is 0.322 e. The fraction of sp³-hybridized carbons (Fsp3) is 0.200. The molecule has 0 aliphatic carbocycles. The second-order valence-corrected chi connectivity index (χ2v) is 4.68. The predicted molar refractivity (Wildman–Crippen MR) is 64.6 cm³/mol. The summed E-state index contributed by atoms with van der Waals surface area (Å²) in [5, 5.41) is 14.4. The van der Waals surface area contributed by atoms with E-state index in [1.54, 1.807) is 12.1 Å². The number of amides is 3. The molecule has 1 aliphatic heterocycles. The molecule has 5 nitrogen and oxygen atoms in total. The number of carbonyl (C=O) groups is 2. The number of benzene rings is 1. The van der Waals surface area contributed by atoms with Crippen LogP contribution in [0.25, 0.3) is 0 Å². The van der Waals surface area contributed by atoms with Crippen LogP contribution in [-0.4, -0.2) is 23.1 Å². The monoisotopic (exact) mass is 332 g/mol. The van der Waals surface area contributed by atoms with E-state index < -0.39 is 24.1 Å². The summed E-state index contributed by atoms with van der Waals surface area (Å²) >= 11 is 2.14. The Labute approximate surface area is 105 Å². The minimum Gasteiger partial charge on any atom is -0.386 e. The molecule has 1 aromatic rings. The SMILES string of the molecule is O=C1NC(=O)C(C(O)c2ccc(I)cc2)N1. The van der Waals surface area contributed by atoms with Gasteiger partial charge in [-0.25, -0.2) is 4.79 Å². The summed E-state index contributed by atoms with van der Waals surface area (Å²) in [7, 11) is 0. The highest BCUT2D eigenvalue weighted by atomic mass is 127. The summed E-state index contributed by atoms with van der Waals surface area (Å²) in [5.41, 5.74) is 0.600. The molecule has 3 amide bonds. The number of imide groups is 1. The molecule has 0 saturated carbocycles. The zero-order valence-electron chi connectivity index (χ0n) is 8.11. The summed E-state index contributed by atoms with van der Waals surface area (Å²) < 4.78 is 1.04. The van der Waals surface area contributed by atoms with Crippen molar-refractivity contribution < 1.29 is 14.7 Å². The Morgan fingerprint density at radius 1 is 1.25 bits per heavy atom. The van der Waals surface area contributed by atoms with Crippen molar-refractivity contribution in [3.63, 3.8) is 0 Å². The van der Waals surface area contributed by atoms with E-state index in [-0.39, 0.29) is 0 Å². The summed E-state index contributed by atoms with van der Waals surface area (Å²) in [6.07, 6.45) is -1.02. The first-order chi connectivity index (χ1) is 7.58. The number of hydrogen-bond donors (Lipinski definition) is 3. The minimum absolute atomic E-state index is 0.504. The quantitative estimate of drug-likeness (QED) is 0.546. The van der Waals surface area contributed by atoms with Crippen molar-refractivity contribution in [2.45, 2.75) is 12.1 Å². The van der Waals surface area contributed by atoms with Crippen molar-refractivity contribution in [3.8, 4) is 0 Å². The van der Waals surface area contributed by atoms with E-state index in [0.29, 0.717) is 5.56 Å². The van der Waals surface area contributed by atoms with Crippen molar-refractivity contribution in [3.05, 3.63) is 33.4 Å². The Morgan fingerprint density at radius 3 is 2.38 bits per heavy atom. The molecule has 84 valence electrons. The maximum atomic E-state index is 11.3. The van der Waals surface area contributed by atoms with Crippen LogP contribution in [0, 0.1) is 3.57 Å². The molecule has 1 aliphatic rings. The predicted octanol–water partition coefficient (Wildman–Crippen LogP) is 0.533. The molecule has 1 heterocycles. The third-order valence-corrected chi connectivity index (χ3v) is 3.05. The Kier molecular flexibility index (Phi) is 3.10. The Morgan fingerprint density at radius 2 is 1.88 bits per heavy atom. The van der Waals surface area contributed by atoms with Gasteiger partial charge < -0.3 is 10.4 Å². The van der Waals surface area contributed by atoms with Crippen molar-refractivity contribution in [2.75, 3.05) is 0 Å². The zero-order valence-corrected chi connectivity index (χ0v) is 10.3. The highest BCUT2D eigenvalue weighted by Gasteiger charge is 2.35. The van der Waals surface area contributed by atoms with Gasteiger partial charge in [0, 0.05) is 3.57 Å². The van der Waals surface area contributed by atoms with Gasteiger partial charge in [0.15, 0.2) is 0 Å². The first-order valence-corrected chi connectivity index (χ1v) is 5.70. The second kappa shape index (κ2) is 4.38. The molecule has 2 unspecified atom stereocenters. The lowest BCUT2D eigenvalue weighted by Gasteiger charge is -2.15. The maximum absolute atomic E-state index is 11.3. The van der Waals surface area contributed by atoms with Gasteiger partial charge in [0.05, 0.1) is 0 Å². The fourth-order valence-electron chi connectivity index (χ4n) is 1.51. The highest BCUT2D eigenvalue weighted by Crippen LogP contribution is 2.19. The van der Waals surface area contributed by atoms with Crippen LogP contribution in [-0.2, 0) is 4.79 Å². The smallest absolute Gasteiger partial charge is 0.322 e. The van der Waals surface area contributed by atoms with Crippen molar-refractivity contribution >= 4 is 34.5 Å². The number of urea groups is 1. The molecule has 3 N–H and O–H groups in total. The molecule has 1 aromatic carbocycles. The van der Waals surface area contributed by atoms with Crippen molar-refractivity contribution in [2.24, 2.45) is 0 Å². The van der Waals surface area contributed by atoms with E-state index >= 15 is 0 Å². The first kappa shape index (κ1) is 11.3. The minimum atomic E-state index is -1.02. The molecule has 1 saturated heterocycles. The van der Waals surface area contributed by atoms with E-state index in [1.807, 2.05) is 12.1 Å². The second-order valence-electron chi connectivity index (χ2n) is 3.44. The largest absolute Gasteiger partial charge is 0.386 e. The van der Waals surface area contributed by atoms with Crippen LogP contribution in [0.3, 0.4) is 0 Å². The van der Waals surface area contributed by atoms with Gasteiger partial charge in [0.1, 0.15) is 12.1 Å². The molecule has 2 rings (SSSR count). The van der Waals surface area contributed by atoms with Crippen LogP contribution >= 0.6 is 22.6 Å². The molecule has 0 spiro atoms. The number of hydrogen-bond acceptors (Lipinski definition) is 3. The van der Waals surface area contributed by atoms with E-state index in [9.17, 15) is 14.7 Å². The number of carbonyl (C=O) groups excluding carboxylic acids is 2. The van der Waals surface area contributed by atoms with Crippen molar-refractivity contribution in [1.82, 2.24) is 10.6 Å². The number of aliphatic hydroxyl groups excluding tert-OH is 1. The van der Waals surface area contributed by atoms with E-state index in [4.69, 9.17) is 0 Å². The van der Waals surface area contributed by atoms with Gasteiger partial charge in [0.25, 0.3) is 5.91 Å². The van der Waals surface area contributed by atoms with Gasteiger partial charge >= 0.3 is 6.03 Å². The van der Waals surface area contributed by atoms with Gasteiger partial charge in [-0.1, -0.05) is 12.1 Å². The van der Waals surface area contributed by atoms with E-state index in [1.165, 1.54) is 0 Å². The molecule has 6 heteroatoms. The average molecular weight is 332 g/mol. The number of nitrogens with one attached hydrogen (secondary N) is 2. The van der Waals surface area contributed by atoms with Crippen LogP contribution in [0.5, 0.6) is 0 Å². The van der Waals surface area contributed by atoms with Crippen LogP contribution in [0.4, 0.5) is 4.79 Å². The van der Waals surface area contributed by atoms with Crippen LogP contribution in [0.15, 0.2) is 24.3 Å². The van der Waals surface area contributed by atoms with Crippen LogP contribution in [0.2, 0.25) is 0 Å². The fourth-order valence-corrected chi connectivity index (χ4v) is 1.87. The molecule has 0 radical (unpaired) electrons. The third-order valence-electron chi connectivity index (χ3n) is 2.33. The molecule has 0 aromatic heterocycles. The third kappa shape index (κ3) is 2.17.